The second kappa shape index (κ2) is 5.16. The molecule has 2 unspecified atom stereocenters. The predicted molar refractivity (Wildman–Crippen MR) is 76.1 cm³/mol. The SMILES string of the molecule is C=CC1CCCC(C)(C2(C)CCCCC2)CC1. The average molecular weight is 234 g/mol. The van der Waals surface area contributed by atoms with E-state index < -0.39 is 0 Å². The Hall–Kier alpha value is -0.260. The Morgan fingerprint density at radius 2 is 1.41 bits per heavy atom. The van der Waals surface area contributed by atoms with E-state index in [1.165, 1.54) is 64.2 Å². The molecule has 0 heteroatoms. The summed E-state index contributed by atoms with van der Waals surface area (Å²) in [5, 5.41) is 0. The molecule has 17 heavy (non-hydrogen) atoms. The van der Waals surface area contributed by atoms with Crippen LogP contribution in [0.25, 0.3) is 0 Å². The van der Waals surface area contributed by atoms with Crippen molar-refractivity contribution in [2.75, 3.05) is 0 Å². The van der Waals surface area contributed by atoms with Crippen LogP contribution in [0.2, 0.25) is 0 Å². The molecule has 0 aromatic carbocycles. The Morgan fingerprint density at radius 3 is 2.06 bits per heavy atom. The van der Waals surface area contributed by atoms with Gasteiger partial charge in [-0.2, -0.15) is 0 Å². The van der Waals surface area contributed by atoms with E-state index in [0.717, 1.165) is 5.92 Å². The molecule has 2 saturated carbocycles. The lowest BCUT2D eigenvalue weighted by Crippen LogP contribution is -2.39. The first-order valence-electron chi connectivity index (χ1n) is 7.72. The van der Waals surface area contributed by atoms with Gasteiger partial charge in [0, 0.05) is 0 Å². The summed E-state index contributed by atoms with van der Waals surface area (Å²) in [6, 6.07) is 0. The Morgan fingerprint density at radius 1 is 0.824 bits per heavy atom. The molecule has 0 N–H and O–H groups in total. The van der Waals surface area contributed by atoms with E-state index in [4.69, 9.17) is 0 Å². The molecule has 98 valence electrons. The van der Waals surface area contributed by atoms with Gasteiger partial charge in [-0.15, -0.1) is 6.58 Å². The van der Waals surface area contributed by atoms with Gasteiger partial charge in [-0.25, -0.2) is 0 Å². The Balaban J connectivity index is 2.08. The van der Waals surface area contributed by atoms with Gasteiger partial charge in [0.05, 0.1) is 0 Å². The zero-order valence-corrected chi connectivity index (χ0v) is 11.9. The fourth-order valence-electron chi connectivity index (χ4n) is 4.30. The molecule has 2 aliphatic carbocycles. The lowest BCUT2D eigenvalue weighted by atomic mass is 9.56. The van der Waals surface area contributed by atoms with Crippen LogP contribution in [-0.4, -0.2) is 0 Å². The second-order valence-electron chi connectivity index (χ2n) is 7.11. The number of hydrogen-bond acceptors (Lipinski definition) is 0. The normalized spacial score (nSPS) is 38.4. The maximum absolute atomic E-state index is 4.00. The van der Waals surface area contributed by atoms with Crippen molar-refractivity contribution in [1.82, 2.24) is 0 Å². The first-order valence-corrected chi connectivity index (χ1v) is 7.72. The van der Waals surface area contributed by atoms with E-state index in [0.29, 0.717) is 10.8 Å². The van der Waals surface area contributed by atoms with Gasteiger partial charge in [-0.05, 0) is 55.3 Å². The van der Waals surface area contributed by atoms with Crippen LogP contribution >= 0.6 is 0 Å². The van der Waals surface area contributed by atoms with Crippen molar-refractivity contribution in [3.05, 3.63) is 12.7 Å². The van der Waals surface area contributed by atoms with E-state index in [-0.39, 0.29) is 0 Å². The lowest BCUT2D eigenvalue weighted by molar-refractivity contribution is 0.0137. The summed E-state index contributed by atoms with van der Waals surface area (Å²) >= 11 is 0. The van der Waals surface area contributed by atoms with Crippen LogP contribution in [-0.2, 0) is 0 Å². The van der Waals surface area contributed by atoms with Gasteiger partial charge < -0.3 is 0 Å². The van der Waals surface area contributed by atoms with Crippen molar-refractivity contribution < 1.29 is 0 Å². The highest BCUT2D eigenvalue weighted by Gasteiger charge is 2.44. The third-order valence-electron chi connectivity index (χ3n) is 6.12. The summed E-state index contributed by atoms with van der Waals surface area (Å²) in [6.07, 6.45) is 16.6. The molecule has 0 saturated heterocycles. The van der Waals surface area contributed by atoms with Gasteiger partial charge in [-0.3, -0.25) is 0 Å². The van der Waals surface area contributed by atoms with Crippen LogP contribution in [0.3, 0.4) is 0 Å². The van der Waals surface area contributed by atoms with Crippen LogP contribution in [0.1, 0.15) is 78.1 Å². The number of hydrogen-bond donors (Lipinski definition) is 0. The van der Waals surface area contributed by atoms with Crippen molar-refractivity contribution in [1.29, 1.82) is 0 Å². The fraction of sp³-hybridized carbons (Fsp3) is 0.882. The highest BCUT2D eigenvalue weighted by Crippen LogP contribution is 2.56. The molecular formula is C17H30. The predicted octanol–water partition coefficient (Wildman–Crippen LogP) is 5.73. The second-order valence-corrected chi connectivity index (χ2v) is 7.11. The quantitative estimate of drug-likeness (QED) is 0.423. The molecule has 0 heterocycles. The van der Waals surface area contributed by atoms with Gasteiger partial charge in [0.15, 0.2) is 0 Å². The van der Waals surface area contributed by atoms with Crippen molar-refractivity contribution in [3.63, 3.8) is 0 Å². The maximum Gasteiger partial charge on any atom is -0.0236 e. The molecule has 0 aromatic rings. The molecule has 2 rings (SSSR count). The fourth-order valence-corrected chi connectivity index (χ4v) is 4.30. The molecule has 0 nitrogen and oxygen atoms in total. The van der Waals surface area contributed by atoms with Crippen LogP contribution in [0.4, 0.5) is 0 Å². The van der Waals surface area contributed by atoms with Crippen LogP contribution in [0.5, 0.6) is 0 Å². The van der Waals surface area contributed by atoms with Crippen molar-refractivity contribution in [2.45, 2.75) is 78.1 Å². The van der Waals surface area contributed by atoms with Crippen LogP contribution in [0, 0.1) is 16.7 Å². The number of allylic oxidation sites excluding steroid dienone is 1. The van der Waals surface area contributed by atoms with E-state index in [2.05, 4.69) is 26.5 Å². The zero-order valence-electron chi connectivity index (χ0n) is 11.9. The molecule has 0 amide bonds. The van der Waals surface area contributed by atoms with E-state index >= 15 is 0 Å². The molecular weight excluding hydrogens is 204 g/mol. The molecule has 2 atom stereocenters. The summed E-state index contributed by atoms with van der Waals surface area (Å²) < 4.78 is 0. The zero-order chi connectivity index (χ0) is 12.4. The summed E-state index contributed by atoms with van der Waals surface area (Å²) in [7, 11) is 0. The van der Waals surface area contributed by atoms with Crippen molar-refractivity contribution >= 4 is 0 Å². The minimum atomic E-state index is 0.602. The van der Waals surface area contributed by atoms with Crippen molar-refractivity contribution in [3.8, 4) is 0 Å². The third-order valence-corrected chi connectivity index (χ3v) is 6.12. The monoisotopic (exact) mass is 234 g/mol. The van der Waals surface area contributed by atoms with E-state index in [9.17, 15) is 0 Å². The highest BCUT2D eigenvalue weighted by molar-refractivity contribution is 4.97. The average Bonchev–Trinajstić information content (AvgIpc) is 2.53. The summed E-state index contributed by atoms with van der Waals surface area (Å²) in [5.74, 6) is 0.795. The highest BCUT2D eigenvalue weighted by atomic mass is 14.5. The summed E-state index contributed by atoms with van der Waals surface area (Å²) in [6.45, 7) is 9.17. The van der Waals surface area contributed by atoms with Gasteiger partial charge >= 0.3 is 0 Å². The summed E-state index contributed by atoms with van der Waals surface area (Å²) in [4.78, 5) is 0. The lowest BCUT2D eigenvalue weighted by Gasteiger charge is -2.49. The Bertz CT molecular complexity index is 259. The maximum atomic E-state index is 4.00. The molecule has 0 aliphatic heterocycles. The van der Waals surface area contributed by atoms with Crippen molar-refractivity contribution in [2.24, 2.45) is 16.7 Å². The van der Waals surface area contributed by atoms with Crippen LogP contribution in [0.15, 0.2) is 12.7 Å². The first-order chi connectivity index (χ1) is 8.10. The topological polar surface area (TPSA) is 0 Å². The molecule has 0 spiro atoms. The van der Waals surface area contributed by atoms with Gasteiger partial charge in [0.1, 0.15) is 0 Å². The molecule has 2 fully saturated rings. The first kappa shape index (κ1) is 13.2. The van der Waals surface area contributed by atoms with E-state index in [1.54, 1.807) is 0 Å². The Kier molecular flexibility index (Phi) is 4.00. The minimum Gasteiger partial charge on any atom is -0.103 e. The molecule has 0 aromatic heterocycles. The Labute approximate surface area is 108 Å². The van der Waals surface area contributed by atoms with Gasteiger partial charge in [0.2, 0.25) is 0 Å². The smallest absolute Gasteiger partial charge is 0.0236 e. The van der Waals surface area contributed by atoms with Gasteiger partial charge in [0.25, 0.3) is 0 Å². The standard InChI is InChI=1S/C17H30/c1-4-15-9-8-13-17(3,14-10-15)16(2)11-6-5-7-12-16/h4,15H,1,5-14H2,2-3H3. The van der Waals surface area contributed by atoms with Crippen LogP contribution < -0.4 is 0 Å². The minimum absolute atomic E-state index is 0.602. The molecule has 2 aliphatic rings. The molecule has 0 radical (unpaired) electrons. The molecule has 0 bridgehead atoms. The van der Waals surface area contributed by atoms with Gasteiger partial charge in [-0.1, -0.05) is 45.6 Å². The largest absolute Gasteiger partial charge is 0.103 e. The van der Waals surface area contributed by atoms with E-state index in [1.807, 2.05) is 0 Å². The summed E-state index contributed by atoms with van der Waals surface area (Å²) in [5.41, 5.74) is 1.23. The number of rotatable bonds is 2. The third kappa shape index (κ3) is 2.61.